The maximum absolute atomic E-state index is 11.2. The lowest BCUT2D eigenvalue weighted by Crippen LogP contribution is -2.14. The second-order valence-electron chi connectivity index (χ2n) is 3.49. The largest absolute Gasteiger partial charge is 0.464 e. The third-order valence-corrected chi connectivity index (χ3v) is 2.75. The van der Waals surface area contributed by atoms with Gasteiger partial charge in [0.25, 0.3) is 10.1 Å². The average molecular weight is 258 g/mol. The fraction of sp³-hybridized carbons (Fsp3) is 0.364. The van der Waals surface area contributed by atoms with Crippen molar-refractivity contribution in [1.82, 2.24) is 0 Å². The fourth-order valence-corrected chi connectivity index (χ4v) is 1.52. The van der Waals surface area contributed by atoms with Crippen LogP contribution in [-0.2, 0) is 26.1 Å². The zero-order chi connectivity index (χ0) is 12.7. The van der Waals surface area contributed by atoms with Crippen molar-refractivity contribution in [2.45, 2.75) is 12.8 Å². The predicted molar refractivity (Wildman–Crippen MR) is 62.1 cm³/mol. The topological polar surface area (TPSA) is 80.7 Å². The van der Waals surface area contributed by atoms with Crippen LogP contribution in [0.15, 0.2) is 30.3 Å². The van der Waals surface area contributed by atoms with Gasteiger partial charge in [0.2, 0.25) is 0 Å². The Labute approximate surface area is 100 Å². The zero-order valence-electron chi connectivity index (χ0n) is 9.20. The zero-order valence-corrected chi connectivity index (χ0v) is 10.0. The Bertz CT molecular complexity index is 452. The average Bonchev–Trinajstić information content (AvgIpc) is 2.26. The Kier molecular flexibility index (Phi) is 5.11. The minimum atomic E-state index is -4.06. The van der Waals surface area contributed by atoms with Gasteiger partial charge in [-0.1, -0.05) is 30.3 Å². The minimum absolute atomic E-state index is 0.190. The lowest BCUT2D eigenvalue weighted by Gasteiger charge is -2.03. The second-order valence-corrected chi connectivity index (χ2v) is 5.06. The number of carbonyl (C=O) groups is 1. The molecule has 0 unspecified atom stereocenters. The van der Waals surface area contributed by atoms with Crippen LogP contribution in [0, 0.1) is 0 Å². The lowest BCUT2D eigenvalue weighted by molar-refractivity contribution is -0.142. The first-order valence-electron chi connectivity index (χ1n) is 5.12. The van der Waals surface area contributed by atoms with Gasteiger partial charge in [-0.3, -0.25) is 9.35 Å². The van der Waals surface area contributed by atoms with E-state index in [4.69, 9.17) is 4.55 Å². The molecule has 0 bridgehead atoms. The Morgan fingerprint density at radius 1 is 1.24 bits per heavy atom. The normalized spacial score (nSPS) is 11.1. The van der Waals surface area contributed by atoms with E-state index in [0.29, 0.717) is 6.42 Å². The van der Waals surface area contributed by atoms with E-state index in [1.54, 1.807) is 0 Å². The van der Waals surface area contributed by atoms with Gasteiger partial charge in [-0.15, -0.1) is 0 Å². The van der Waals surface area contributed by atoms with E-state index in [-0.39, 0.29) is 13.0 Å². The minimum Gasteiger partial charge on any atom is -0.464 e. The third kappa shape index (κ3) is 6.70. The molecule has 94 valence electrons. The van der Waals surface area contributed by atoms with Crippen LogP contribution in [0.25, 0.3) is 0 Å². The summed E-state index contributed by atoms with van der Waals surface area (Å²) in [5.41, 5.74) is 1.01. The molecule has 0 spiro atoms. The van der Waals surface area contributed by atoms with Gasteiger partial charge in [0.05, 0.1) is 0 Å². The molecule has 0 aliphatic heterocycles. The van der Waals surface area contributed by atoms with Gasteiger partial charge >= 0.3 is 5.97 Å². The Morgan fingerprint density at radius 3 is 2.47 bits per heavy atom. The number of hydrogen-bond acceptors (Lipinski definition) is 4. The highest BCUT2D eigenvalue weighted by Crippen LogP contribution is 2.03. The van der Waals surface area contributed by atoms with Gasteiger partial charge in [-0.25, -0.2) is 0 Å². The lowest BCUT2D eigenvalue weighted by atomic mass is 10.1. The van der Waals surface area contributed by atoms with E-state index in [1.807, 2.05) is 30.3 Å². The number of aryl methyl sites for hydroxylation is 1. The summed E-state index contributed by atoms with van der Waals surface area (Å²) in [5, 5.41) is 0. The summed E-state index contributed by atoms with van der Waals surface area (Å²) >= 11 is 0. The number of ether oxygens (including phenoxy) is 1. The molecule has 0 fully saturated rings. The predicted octanol–water partition coefficient (Wildman–Crippen LogP) is 1.05. The number of rotatable bonds is 6. The Hall–Kier alpha value is -1.40. The quantitative estimate of drug-likeness (QED) is 0.609. The molecule has 1 N–H and O–H groups in total. The van der Waals surface area contributed by atoms with Crippen molar-refractivity contribution in [3.05, 3.63) is 35.9 Å². The molecule has 0 aliphatic rings. The van der Waals surface area contributed by atoms with Crippen LogP contribution in [0.3, 0.4) is 0 Å². The summed E-state index contributed by atoms with van der Waals surface area (Å²) in [7, 11) is -4.06. The Balaban J connectivity index is 2.22. The van der Waals surface area contributed by atoms with E-state index < -0.39 is 21.8 Å². The summed E-state index contributed by atoms with van der Waals surface area (Å²) in [6, 6.07) is 9.42. The molecular weight excluding hydrogens is 244 g/mol. The molecule has 0 amide bonds. The number of benzene rings is 1. The van der Waals surface area contributed by atoms with Crippen LogP contribution in [0.1, 0.15) is 12.0 Å². The van der Waals surface area contributed by atoms with Crippen LogP contribution in [-0.4, -0.2) is 31.3 Å². The van der Waals surface area contributed by atoms with Crippen molar-refractivity contribution in [2.75, 3.05) is 12.4 Å². The molecule has 6 heteroatoms. The van der Waals surface area contributed by atoms with Crippen LogP contribution in [0.2, 0.25) is 0 Å². The summed E-state index contributed by atoms with van der Waals surface area (Å²) in [5.74, 6) is -1.04. The first-order valence-corrected chi connectivity index (χ1v) is 6.73. The third-order valence-electron chi connectivity index (χ3n) is 2.06. The van der Waals surface area contributed by atoms with Crippen molar-refractivity contribution < 1.29 is 22.5 Å². The van der Waals surface area contributed by atoms with Gasteiger partial charge in [0.15, 0.2) is 0 Å². The summed E-state index contributed by atoms with van der Waals surface area (Å²) in [6.45, 7) is -0.313. The van der Waals surface area contributed by atoms with Gasteiger partial charge < -0.3 is 4.74 Å². The van der Waals surface area contributed by atoms with Crippen LogP contribution >= 0.6 is 0 Å². The molecule has 5 nitrogen and oxygen atoms in total. The van der Waals surface area contributed by atoms with E-state index in [2.05, 4.69) is 4.74 Å². The van der Waals surface area contributed by atoms with Crippen LogP contribution in [0.5, 0.6) is 0 Å². The molecule has 0 radical (unpaired) electrons. The number of carbonyl (C=O) groups excluding carboxylic acids is 1. The van der Waals surface area contributed by atoms with Crippen LogP contribution < -0.4 is 0 Å². The van der Waals surface area contributed by atoms with E-state index in [1.165, 1.54) is 0 Å². The van der Waals surface area contributed by atoms with E-state index >= 15 is 0 Å². The number of esters is 1. The summed E-state index contributed by atoms with van der Waals surface area (Å²) in [4.78, 5) is 11.2. The number of hydrogen-bond donors (Lipinski definition) is 1. The highest BCUT2D eigenvalue weighted by molar-refractivity contribution is 7.85. The molecule has 0 saturated heterocycles. The van der Waals surface area contributed by atoms with E-state index in [9.17, 15) is 13.2 Å². The van der Waals surface area contributed by atoms with Crippen LogP contribution in [0.4, 0.5) is 0 Å². The highest BCUT2D eigenvalue weighted by atomic mass is 32.2. The first-order chi connectivity index (χ1) is 7.97. The first kappa shape index (κ1) is 13.7. The maximum Gasteiger partial charge on any atom is 0.306 e. The maximum atomic E-state index is 11.2. The molecule has 1 aromatic rings. The monoisotopic (exact) mass is 258 g/mol. The van der Waals surface area contributed by atoms with Crippen molar-refractivity contribution in [3.8, 4) is 0 Å². The van der Waals surface area contributed by atoms with Gasteiger partial charge in [0, 0.05) is 6.42 Å². The smallest absolute Gasteiger partial charge is 0.306 e. The summed E-state index contributed by atoms with van der Waals surface area (Å²) < 4.78 is 33.8. The Morgan fingerprint density at radius 2 is 1.88 bits per heavy atom. The fourth-order valence-electron chi connectivity index (χ4n) is 1.22. The molecule has 0 saturated carbocycles. The van der Waals surface area contributed by atoms with Gasteiger partial charge in [-0.05, 0) is 12.0 Å². The second kappa shape index (κ2) is 6.36. The van der Waals surface area contributed by atoms with Crippen molar-refractivity contribution in [1.29, 1.82) is 0 Å². The molecule has 0 atom stereocenters. The van der Waals surface area contributed by atoms with E-state index in [0.717, 1.165) is 5.56 Å². The van der Waals surface area contributed by atoms with Gasteiger partial charge in [0.1, 0.15) is 12.4 Å². The van der Waals surface area contributed by atoms with Crippen molar-refractivity contribution in [2.24, 2.45) is 0 Å². The molecule has 1 aromatic carbocycles. The summed E-state index contributed by atoms with van der Waals surface area (Å²) in [6.07, 6.45) is 0.737. The molecule has 0 aliphatic carbocycles. The molecule has 0 heterocycles. The highest BCUT2D eigenvalue weighted by Gasteiger charge is 2.08. The molecule has 0 aromatic heterocycles. The van der Waals surface area contributed by atoms with Gasteiger partial charge in [-0.2, -0.15) is 8.42 Å². The molecular formula is C11H14O5S. The molecule has 17 heavy (non-hydrogen) atoms. The molecule has 1 rings (SSSR count). The SMILES string of the molecule is O=C(CCc1ccccc1)OCCS(=O)(=O)O. The van der Waals surface area contributed by atoms with Crippen molar-refractivity contribution in [3.63, 3.8) is 0 Å². The standard InChI is InChI=1S/C11H14O5S/c12-11(16-8-9-17(13,14)15)7-6-10-4-2-1-3-5-10/h1-5H,6-9H2,(H,13,14,15). The van der Waals surface area contributed by atoms with Crippen molar-refractivity contribution >= 4 is 16.1 Å².